The van der Waals surface area contributed by atoms with Crippen molar-refractivity contribution in [3.63, 3.8) is 0 Å². The zero-order chi connectivity index (χ0) is 23.4. The van der Waals surface area contributed by atoms with Crippen molar-refractivity contribution in [2.24, 2.45) is 5.14 Å². The molecule has 2 heterocycles. The van der Waals surface area contributed by atoms with Crippen molar-refractivity contribution >= 4 is 32.7 Å². The number of hydrogen-bond donors (Lipinski definition) is 2. The normalized spacial score (nSPS) is 14.2. The number of carbonyl (C=O) groups excluding carboxylic acids is 1. The first-order chi connectivity index (χ1) is 15.8. The number of sulfonamides is 1. The Morgan fingerprint density at radius 2 is 1.85 bits per heavy atom. The number of benzene rings is 2. The molecule has 0 aliphatic carbocycles. The van der Waals surface area contributed by atoms with Gasteiger partial charge in [-0.25, -0.2) is 18.5 Å². The average Bonchev–Trinajstić information content (AvgIpc) is 3.44. The number of rotatable bonds is 9. The number of anilines is 1. The van der Waals surface area contributed by atoms with Crippen molar-refractivity contribution in [1.82, 2.24) is 14.9 Å². The number of nitrogens with zero attached hydrogens (tertiary/aromatic N) is 3. The predicted octanol–water partition coefficient (Wildman–Crippen LogP) is 2.94. The topological polar surface area (TPSA) is 110 Å². The first-order valence-corrected chi connectivity index (χ1v) is 13.0. The number of aryl methyl sites for hydroxylation is 2. The van der Waals surface area contributed by atoms with E-state index in [1.807, 2.05) is 4.57 Å². The Morgan fingerprint density at radius 1 is 1.12 bits per heavy atom. The van der Waals surface area contributed by atoms with Gasteiger partial charge in [-0.3, -0.25) is 4.79 Å². The summed E-state index contributed by atoms with van der Waals surface area (Å²) in [5.41, 5.74) is 3.73. The van der Waals surface area contributed by atoms with Crippen LogP contribution < -0.4 is 15.4 Å². The van der Waals surface area contributed by atoms with Gasteiger partial charge in [-0.05, 0) is 55.2 Å². The summed E-state index contributed by atoms with van der Waals surface area (Å²) in [4.78, 5) is 19.5. The number of aromatic nitrogens is 2. The van der Waals surface area contributed by atoms with Crippen LogP contribution in [0.2, 0.25) is 0 Å². The van der Waals surface area contributed by atoms with E-state index >= 15 is 0 Å². The molecule has 0 unspecified atom stereocenters. The second-order valence-corrected chi connectivity index (χ2v) is 10.1. The van der Waals surface area contributed by atoms with Crippen molar-refractivity contribution in [2.75, 3.05) is 18.0 Å². The highest BCUT2D eigenvalue weighted by molar-refractivity contribution is 7.89. The summed E-state index contributed by atoms with van der Waals surface area (Å²) >= 11 is 0. The molecule has 0 radical (unpaired) electrons. The van der Waals surface area contributed by atoms with Gasteiger partial charge in [0.2, 0.25) is 15.9 Å². The highest BCUT2D eigenvalue weighted by Gasteiger charge is 2.16. The quantitative estimate of drug-likeness (QED) is 0.501. The molecule has 0 spiro atoms. The van der Waals surface area contributed by atoms with E-state index in [1.54, 1.807) is 6.07 Å². The third-order valence-electron chi connectivity index (χ3n) is 6.05. The summed E-state index contributed by atoms with van der Waals surface area (Å²) < 4.78 is 25.4. The van der Waals surface area contributed by atoms with E-state index in [0.717, 1.165) is 43.0 Å². The van der Waals surface area contributed by atoms with E-state index in [4.69, 9.17) is 5.14 Å². The zero-order valence-corrected chi connectivity index (χ0v) is 19.8. The third-order valence-corrected chi connectivity index (χ3v) is 6.96. The Kier molecular flexibility index (Phi) is 6.99. The third kappa shape index (κ3) is 5.54. The van der Waals surface area contributed by atoms with Crippen LogP contribution in [0.5, 0.6) is 0 Å². The van der Waals surface area contributed by atoms with Gasteiger partial charge < -0.3 is 14.8 Å². The van der Waals surface area contributed by atoms with Gasteiger partial charge in [0.15, 0.2) is 0 Å². The largest absolute Gasteiger partial charge is 0.372 e. The minimum Gasteiger partial charge on any atom is -0.372 e. The summed E-state index contributed by atoms with van der Waals surface area (Å²) in [5.74, 6) is 0.725. The molecule has 8 nitrogen and oxygen atoms in total. The molecule has 1 saturated heterocycles. The molecule has 3 aromatic rings. The summed E-state index contributed by atoms with van der Waals surface area (Å²) in [6.45, 7) is 5.52. The van der Waals surface area contributed by atoms with Crippen LogP contribution in [0.25, 0.3) is 11.0 Å². The average molecular weight is 470 g/mol. The number of primary sulfonamides is 1. The Hall–Kier alpha value is -2.91. The van der Waals surface area contributed by atoms with Gasteiger partial charge in [-0.1, -0.05) is 19.1 Å². The van der Waals surface area contributed by atoms with Crippen LogP contribution in [0.4, 0.5) is 5.69 Å². The second kappa shape index (κ2) is 9.93. The van der Waals surface area contributed by atoms with Crippen LogP contribution in [-0.2, 0) is 34.3 Å². The minimum atomic E-state index is -3.79. The molecule has 4 rings (SSSR count). The number of nitrogens with two attached hydrogens (primary N) is 1. The summed E-state index contributed by atoms with van der Waals surface area (Å²) in [6, 6.07) is 13.1. The molecule has 2 aromatic carbocycles. The molecular formula is C24H31N5O3S. The van der Waals surface area contributed by atoms with Crippen LogP contribution in [0.1, 0.15) is 44.0 Å². The van der Waals surface area contributed by atoms with Crippen molar-refractivity contribution in [2.45, 2.75) is 57.0 Å². The first-order valence-electron chi connectivity index (χ1n) is 11.5. The molecule has 176 valence electrons. The standard InChI is InChI=1S/C24H31N5O3S/c1-2-13-29-22-10-9-20(33(25,31)32)16-21(22)27-23(29)11-12-24(30)26-17-18-5-7-19(8-6-18)28-14-3-4-15-28/h5-10,16H,2-4,11-15,17H2,1H3,(H,26,30)(H2,25,31,32). The highest BCUT2D eigenvalue weighted by Crippen LogP contribution is 2.22. The van der Waals surface area contributed by atoms with Gasteiger partial charge in [0, 0.05) is 44.7 Å². The summed E-state index contributed by atoms with van der Waals surface area (Å²) in [5, 5.41) is 8.24. The van der Waals surface area contributed by atoms with E-state index in [2.05, 4.69) is 46.4 Å². The lowest BCUT2D eigenvalue weighted by Crippen LogP contribution is -2.23. The number of nitrogens with one attached hydrogen (secondary N) is 1. The Labute approximate surface area is 194 Å². The van der Waals surface area contributed by atoms with Crippen molar-refractivity contribution < 1.29 is 13.2 Å². The predicted molar refractivity (Wildman–Crippen MR) is 129 cm³/mol. The molecule has 1 amide bonds. The fraction of sp³-hybridized carbons (Fsp3) is 0.417. The molecule has 33 heavy (non-hydrogen) atoms. The van der Waals surface area contributed by atoms with E-state index in [-0.39, 0.29) is 10.8 Å². The number of fused-ring (bicyclic) bond motifs is 1. The molecule has 0 saturated carbocycles. The lowest BCUT2D eigenvalue weighted by atomic mass is 10.2. The first kappa shape index (κ1) is 23.3. The molecule has 1 aliphatic heterocycles. The molecule has 1 aromatic heterocycles. The number of imidazole rings is 1. The van der Waals surface area contributed by atoms with Gasteiger partial charge in [0.1, 0.15) is 5.82 Å². The second-order valence-electron chi connectivity index (χ2n) is 8.51. The molecule has 1 aliphatic rings. The minimum absolute atomic E-state index is 0.0381. The van der Waals surface area contributed by atoms with Crippen LogP contribution in [-0.4, -0.2) is 37.0 Å². The SMILES string of the molecule is CCCn1c(CCC(=O)NCc2ccc(N3CCCC3)cc2)nc2cc(S(N)(=O)=O)ccc21. The van der Waals surface area contributed by atoms with Gasteiger partial charge in [0.05, 0.1) is 15.9 Å². The lowest BCUT2D eigenvalue weighted by molar-refractivity contribution is -0.121. The molecule has 3 N–H and O–H groups in total. The molecule has 0 bridgehead atoms. The maximum atomic E-state index is 12.5. The Bertz CT molecular complexity index is 1230. The highest BCUT2D eigenvalue weighted by atomic mass is 32.2. The summed E-state index contributed by atoms with van der Waals surface area (Å²) in [6.07, 6.45) is 4.17. The number of hydrogen-bond acceptors (Lipinski definition) is 5. The van der Waals surface area contributed by atoms with E-state index in [0.29, 0.717) is 24.9 Å². The van der Waals surface area contributed by atoms with Gasteiger partial charge in [0.25, 0.3) is 0 Å². The van der Waals surface area contributed by atoms with Crippen molar-refractivity contribution in [3.05, 3.63) is 53.9 Å². The maximum Gasteiger partial charge on any atom is 0.238 e. The molecule has 0 atom stereocenters. The van der Waals surface area contributed by atoms with E-state index in [1.165, 1.54) is 30.7 Å². The van der Waals surface area contributed by atoms with E-state index < -0.39 is 10.0 Å². The van der Waals surface area contributed by atoms with Crippen LogP contribution in [0.3, 0.4) is 0 Å². The van der Waals surface area contributed by atoms with Crippen LogP contribution in [0.15, 0.2) is 47.4 Å². The smallest absolute Gasteiger partial charge is 0.238 e. The maximum absolute atomic E-state index is 12.5. The fourth-order valence-corrected chi connectivity index (χ4v) is 4.85. The van der Waals surface area contributed by atoms with Crippen LogP contribution in [0, 0.1) is 0 Å². The summed E-state index contributed by atoms with van der Waals surface area (Å²) in [7, 11) is -3.79. The lowest BCUT2D eigenvalue weighted by Gasteiger charge is -2.17. The van der Waals surface area contributed by atoms with Crippen molar-refractivity contribution in [3.8, 4) is 0 Å². The monoisotopic (exact) mass is 469 g/mol. The van der Waals surface area contributed by atoms with Crippen LogP contribution >= 0.6 is 0 Å². The van der Waals surface area contributed by atoms with E-state index in [9.17, 15) is 13.2 Å². The zero-order valence-electron chi connectivity index (χ0n) is 19.0. The molecule has 1 fully saturated rings. The fourth-order valence-electron chi connectivity index (χ4n) is 4.31. The van der Waals surface area contributed by atoms with Gasteiger partial charge >= 0.3 is 0 Å². The Balaban J connectivity index is 1.38. The van der Waals surface area contributed by atoms with Crippen molar-refractivity contribution in [1.29, 1.82) is 0 Å². The number of carbonyl (C=O) groups is 1. The van der Waals surface area contributed by atoms with Gasteiger partial charge in [-0.2, -0.15) is 0 Å². The number of amides is 1. The Morgan fingerprint density at radius 3 is 2.52 bits per heavy atom. The molecular weight excluding hydrogens is 438 g/mol. The molecule has 9 heteroatoms. The van der Waals surface area contributed by atoms with Gasteiger partial charge in [-0.15, -0.1) is 0 Å².